The van der Waals surface area contributed by atoms with Crippen LogP contribution in [0.2, 0.25) is 0 Å². The number of aromatic nitrogens is 1. The van der Waals surface area contributed by atoms with Crippen molar-refractivity contribution in [3.63, 3.8) is 0 Å². The van der Waals surface area contributed by atoms with Crippen molar-refractivity contribution < 1.29 is 14.2 Å². The number of fused-ring (bicyclic) bond motifs is 1. The summed E-state index contributed by atoms with van der Waals surface area (Å²) in [6, 6.07) is 9.89. The Labute approximate surface area is 154 Å². The van der Waals surface area contributed by atoms with Crippen molar-refractivity contribution >= 4 is 6.08 Å². The van der Waals surface area contributed by atoms with Gasteiger partial charge in [-0.25, -0.2) is 0 Å². The number of hydrogen-bond donors (Lipinski definition) is 0. The van der Waals surface area contributed by atoms with E-state index in [1.54, 1.807) is 19.5 Å². The molecule has 5 nitrogen and oxygen atoms in total. The number of methoxy groups -OCH3 is 1. The fourth-order valence-electron chi connectivity index (χ4n) is 3.56. The summed E-state index contributed by atoms with van der Waals surface area (Å²) in [4.78, 5) is 6.58. The zero-order valence-electron chi connectivity index (χ0n) is 15.1. The van der Waals surface area contributed by atoms with Gasteiger partial charge >= 0.3 is 0 Å². The first-order chi connectivity index (χ1) is 12.8. The van der Waals surface area contributed by atoms with Gasteiger partial charge in [0.2, 0.25) is 0 Å². The second-order valence-corrected chi connectivity index (χ2v) is 6.75. The lowest BCUT2D eigenvalue weighted by Crippen LogP contribution is -2.39. The maximum Gasteiger partial charge on any atom is 0.168 e. The zero-order valence-corrected chi connectivity index (χ0v) is 15.1. The molecule has 0 unspecified atom stereocenters. The molecule has 0 bridgehead atoms. The average molecular weight is 352 g/mol. The quantitative estimate of drug-likeness (QED) is 0.825. The third-order valence-corrected chi connectivity index (χ3v) is 4.89. The van der Waals surface area contributed by atoms with Crippen LogP contribution in [0, 0.1) is 0 Å². The van der Waals surface area contributed by atoms with Crippen molar-refractivity contribution in [3.05, 3.63) is 53.9 Å². The van der Waals surface area contributed by atoms with E-state index in [-0.39, 0.29) is 6.10 Å². The predicted octanol–water partition coefficient (Wildman–Crippen LogP) is 3.41. The van der Waals surface area contributed by atoms with Gasteiger partial charge in [0.25, 0.3) is 0 Å². The van der Waals surface area contributed by atoms with Crippen LogP contribution >= 0.6 is 0 Å². The summed E-state index contributed by atoms with van der Waals surface area (Å²) in [5.74, 6) is 2.51. The molecule has 5 heteroatoms. The van der Waals surface area contributed by atoms with E-state index < -0.39 is 0 Å². The molecule has 136 valence electrons. The van der Waals surface area contributed by atoms with E-state index in [9.17, 15) is 0 Å². The molecular weight excluding hydrogens is 328 g/mol. The number of para-hydroxylation sites is 1. The maximum absolute atomic E-state index is 6.02. The molecule has 1 fully saturated rings. The second-order valence-electron chi connectivity index (χ2n) is 6.75. The van der Waals surface area contributed by atoms with Gasteiger partial charge in [-0.05, 0) is 42.7 Å². The zero-order chi connectivity index (χ0) is 17.8. The Morgan fingerprint density at radius 3 is 2.85 bits per heavy atom. The minimum Gasteiger partial charge on any atom is -0.493 e. The van der Waals surface area contributed by atoms with Crippen LogP contribution in [-0.4, -0.2) is 49.3 Å². The summed E-state index contributed by atoms with van der Waals surface area (Å²) in [6.07, 6.45) is 8.13. The van der Waals surface area contributed by atoms with Crippen LogP contribution in [0.15, 0.2) is 48.3 Å². The lowest BCUT2D eigenvalue weighted by Gasteiger charge is -2.33. The Kier molecular flexibility index (Phi) is 5.07. The first-order valence-corrected chi connectivity index (χ1v) is 9.10. The third-order valence-electron chi connectivity index (χ3n) is 4.89. The Balaban J connectivity index is 1.32. The lowest BCUT2D eigenvalue weighted by molar-refractivity contribution is 0.104. The summed E-state index contributed by atoms with van der Waals surface area (Å²) >= 11 is 0. The summed E-state index contributed by atoms with van der Waals surface area (Å²) in [7, 11) is 1.68. The van der Waals surface area contributed by atoms with Gasteiger partial charge in [-0.15, -0.1) is 0 Å². The number of benzene rings is 1. The highest BCUT2D eigenvalue weighted by atomic mass is 16.5. The van der Waals surface area contributed by atoms with Gasteiger partial charge in [-0.2, -0.15) is 0 Å². The number of likely N-dealkylation sites (tertiary alicyclic amines) is 1. The van der Waals surface area contributed by atoms with Crippen LogP contribution < -0.4 is 14.2 Å². The second kappa shape index (κ2) is 7.79. The molecule has 2 aliphatic rings. The molecule has 2 aromatic rings. The van der Waals surface area contributed by atoms with Gasteiger partial charge in [-0.1, -0.05) is 12.1 Å². The minimum absolute atomic E-state index is 0.275. The number of piperidine rings is 1. The highest BCUT2D eigenvalue weighted by Crippen LogP contribution is 2.35. The smallest absolute Gasteiger partial charge is 0.168 e. The van der Waals surface area contributed by atoms with E-state index in [0.717, 1.165) is 55.3 Å². The number of nitrogens with zero attached hydrogens (tertiary/aromatic N) is 2. The number of ether oxygens (including phenoxy) is 3. The Bertz CT molecular complexity index is 768. The van der Waals surface area contributed by atoms with Crippen molar-refractivity contribution in [2.24, 2.45) is 0 Å². The van der Waals surface area contributed by atoms with Crippen LogP contribution in [0.4, 0.5) is 0 Å². The van der Waals surface area contributed by atoms with Crippen LogP contribution in [0.25, 0.3) is 6.08 Å². The summed E-state index contributed by atoms with van der Waals surface area (Å²) < 4.78 is 17.3. The summed E-state index contributed by atoms with van der Waals surface area (Å²) in [5.41, 5.74) is 2.40. The predicted molar refractivity (Wildman–Crippen MR) is 101 cm³/mol. The molecule has 0 atom stereocenters. The molecule has 3 heterocycles. The topological polar surface area (TPSA) is 43.8 Å². The van der Waals surface area contributed by atoms with E-state index in [1.807, 2.05) is 24.3 Å². The molecule has 26 heavy (non-hydrogen) atoms. The third kappa shape index (κ3) is 3.83. The molecule has 0 saturated carbocycles. The van der Waals surface area contributed by atoms with Gasteiger partial charge in [-0.3, -0.25) is 9.88 Å². The molecule has 0 aliphatic carbocycles. The van der Waals surface area contributed by atoms with Crippen molar-refractivity contribution in [2.45, 2.75) is 18.9 Å². The molecule has 0 N–H and O–H groups in total. The van der Waals surface area contributed by atoms with E-state index in [2.05, 4.69) is 22.0 Å². The Hall–Kier alpha value is -2.53. The van der Waals surface area contributed by atoms with Crippen molar-refractivity contribution in [1.29, 1.82) is 0 Å². The number of pyridine rings is 1. The van der Waals surface area contributed by atoms with E-state index in [4.69, 9.17) is 14.2 Å². The average Bonchev–Trinajstić information content (AvgIpc) is 2.69. The maximum atomic E-state index is 6.02. The van der Waals surface area contributed by atoms with Crippen LogP contribution in [0.5, 0.6) is 17.2 Å². The van der Waals surface area contributed by atoms with Crippen LogP contribution in [0.3, 0.4) is 0 Å². The Morgan fingerprint density at radius 1 is 1.19 bits per heavy atom. The largest absolute Gasteiger partial charge is 0.493 e. The molecule has 0 amide bonds. The molecule has 1 aromatic heterocycles. The Morgan fingerprint density at radius 2 is 2.08 bits per heavy atom. The van der Waals surface area contributed by atoms with Crippen molar-refractivity contribution in [3.8, 4) is 17.2 Å². The number of rotatable bonds is 5. The molecule has 4 rings (SSSR count). The van der Waals surface area contributed by atoms with Gasteiger partial charge < -0.3 is 14.2 Å². The monoisotopic (exact) mass is 352 g/mol. The molecule has 1 aromatic carbocycles. The lowest BCUT2D eigenvalue weighted by atomic mass is 10.0. The molecule has 2 aliphatic heterocycles. The van der Waals surface area contributed by atoms with Gasteiger partial charge in [0.1, 0.15) is 18.5 Å². The summed E-state index contributed by atoms with van der Waals surface area (Å²) in [6.45, 7) is 3.64. The number of hydrogen-bond acceptors (Lipinski definition) is 5. The molecular formula is C21H24N2O3. The van der Waals surface area contributed by atoms with E-state index in [0.29, 0.717) is 6.61 Å². The van der Waals surface area contributed by atoms with Crippen LogP contribution in [-0.2, 0) is 0 Å². The van der Waals surface area contributed by atoms with Gasteiger partial charge in [0, 0.05) is 31.4 Å². The van der Waals surface area contributed by atoms with Crippen LogP contribution in [0.1, 0.15) is 18.4 Å². The van der Waals surface area contributed by atoms with Crippen molar-refractivity contribution in [1.82, 2.24) is 9.88 Å². The highest BCUT2D eigenvalue weighted by Gasteiger charge is 2.23. The highest BCUT2D eigenvalue weighted by molar-refractivity contribution is 5.66. The molecule has 0 radical (unpaired) electrons. The summed E-state index contributed by atoms with van der Waals surface area (Å²) in [5, 5.41) is 0. The van der Waals surface area contributed by atoms with E-state index >= 15 is 0 Å². The minimum atomic E-state index is 0.275. The first-order valence-electron chi connectivity index (χ1n) is 9.10. The molecule has 1 saturated heterocycles. The van der Waals surface area contributed by atoms with Gasteiger partial charge in [0.05, 0.1) is 13.3 Å². The van der Waals surface area contributed by atoms with Gasteiger partial charge in [0.15, 0.2) is 11.5 Å². The SMILES string of the molecule is COc1cccc2c1OCC(CN1CCC(Oc3cccnc3)CC1)=C2. The molecule has 0 spiro atoms. The standard InChI is InChI=1S/C21H24N2O3/c1-24-20-6-2-4-17-12-16(15-25-21(17)20)14-23-10-7-18(8-11-23)26-19-5-3-9-22-13-19/h2-6,9,12-13,18H,7-8,10-11,14-15H2,1H3. The normalized spacial score (nSPS) is 17.8. The fourth-order valence-corrected chi connectivity index (χ4v) is 3.56. The van der Waals surface area contributed by atoms with E-state index in [1.165, 1.54) is 5.57 Å². The fraction of sp³-hybridized carbons (Fsp3) is 0.381. The first kappa shape index (κ1) is 16.9. The van der Waals surface area contributed by atoms with Crippen molar-refractivity contribution in [2.75, 3.05) is 33.4 Å².